The van der Waals surface area contributed by atoms with E-state index in [1.165, 1.54) is 12.1 Å². The first kappa shape index (κ1) is 16.8. The van der Waals surface area contributed by atoms with E-state index in [0.29, 0.717) is 17.9 Å². The molecule has 1 N–H and O–H groups in total. The molecule has 0 saturated carbocycles. The van der Waals surface area contributed by atoms with Crippen molar-refractivity contribution in [1.29, 1.82) is 0 Å². The SMILES string of the molecule is CNC(C)C(Cc1ccc(OC(F)(F)F)cc1)C(C)C. The first-order valence-electron chi connectivity index (χ1n) is 6.75. The van der Waals surface area contributed by atoms with Gasteiger partial charge in [-0.25, -0.2) is 0 Å². The summed E-state index contributed by atoms with van der Waals surface area (Å²) >= 11 is 0. The summed E-state index contributed by atoms with van der Waals surface area (Å²) in [6.45, 7) is 6.42. The maximum absolute atomic E-state index is 12.1. The van der Waals surface area contributed by atoms with Crippen LogP contribution in [0, 0.1) is 11.8 Å². The number of rotatable bonds is 6. The molecule has 2 unspecified atom stereocenters. The number of benzene rings is 1. The number of hydrogen-bond acceptors (Lipinski definition) is 2. The zero-order valence-electron chi connectivity index (χ0n) is 12.3. The molecule has 20 heavy (non-hydrogen) atoms. The van der Waals surface area contributed by atoms with Crippen LogP contribution in [0.15, 0.2) is 24.3 Å². The number of alkyl halides is 3. The molecule has 0 aromatic heterocycles. The van der Waals surface area contributed by atoms with Crippen LogP contribution in [0.25, 0.3) is 0 Å². The van der Waals surface area contributed by atoms with Crippen molar-refractivity contribution in [1.82, 2.24) is 5.32 Å². The van der Waals surface area contributed by atoms with Crippen molar-refractivity contribution in [2.75, 3.05) is 7.05 Å². The van der Waals surface area contributed by atoms with E-state index in [0.717, 1.165) is 12.0 Å². The molecule has 0 saturated heterocycles. The molecule has 0 aliphatic heterocycles. The lowest BCUT2D eigenvalue weighted by atomic mass is 9.84. The van der Waals surface area contributed by atoms with Crippen LogP contribution in [0.5, 0.6) is 5.75 Å². The zero-order chi connectivity index (χ0) is 15.3. The highest BCUT2D eigenvalue weighted by Gasteiger charge is 2.31. The minimum absolute atomic E-state index is 0.177. The Hall–Kier alpha value is -1.23. The minimum atomic E-state index is -4.64. The van der Waals surface area contributed by atoms with Crippen LogP contribution < -0.4 is 10.1 Å². The van der Waals surface area contributed by atoms with Gasteiger partial charge in [-0.15, -0.1) is 13.2 Å². The molecule has 2 nitrogen and oxygen atoms in total. The molecule has 1 aromatic carbocycles. The molecule has 0 aliphatic carbocycles. The zero-order valence-corrected chi connectivity index (χ0v) is 12.3. The molecule has 114 valence electrons. The molecule has 0 amide bonds. The van der Waals surface area contributed by atoms with Crippen LogP contribution in [-0.2, 0) is 6.42 Å². The molecule has 0 spiro atoms. The predicted molar refractivity (Wildman–Crippen MR) is 73.7 cm³/mol. The van der Waals surface area contributed by atoms with E-state index >= 15 is 0 Å². The van der Waals surface area contributed by atoms with Gasteiger partial charge in [0.2, 0.25) is 0 Å². The molecule has 2 atom stereocenters. The lowest BCUT2D eigenvalue weighted by molar-refractivity contribution is -0.274. The fourth-order valence-electron chi connectivity index (χ4n) is 2.30. The topological polar surface area (TPSA) is 21.3 Å². The first-order chi connectivity index (χ1) is 9.23. The van der Waals surface area contributed by atoms with Gasteiger partial charge in [-0.3, -0.25) is 0 Å². The predicted octanol–water partition coefficient (Wildman–Crippen LogP) is 4.01. The summed E-state index contributed by atoms with van der Waals surface area (Å²) in [6, 6.07) is 6.47. The van der Waals surface area contributed by atoms with Crippen LogP contribution in [0.4, 0.5) is 13.2 Å². The van der Waals surface area contributed by atoms with E-state index in [9.17, 15) is 13.2 Å². The van der Waals surface area contributed by atoms with E-state index in [2.05, 4.69) is 30.8 Å². The van der Waals surface area contributed by atoms with Gasteiger partial charge in [-0.05, 0) is 49.9 Å². The smallest absolute Gasteiger partial charge is 0.406 e. The molecule has 0 bridgehead atoms. The Kier molecular flexibility index (Phi) is 5.87. The minimum Gasteiger partial charge on any atom is -0.406 e. The molecule has 0 radical (unpaired) electrons. The van der Waals surface area contributed by atoms with Crippen LogP contribution in [-0.4, -0.2) is 19.5 Å². The van der Waals surface area contributed by atoms with Gasteiger partial charge in [0.05, 0.1) is 0 Å². The van der Waals surface area contributed by atoms with Crippen molar-refractivity contribution >= 4 is 0 Å². The summed E-state index contributed by atoms with van der Waals surface area (Å²) < 4.78 is 40.1. The van der Waals surface area contributed by atoms with Gasteiger partial charge in [-0.1, -0.05) is 26.0 Å². The summed E-state index contributed by atoms with van der Waals surface area (Å²) in [5.74, 6) is 0.738. The number of ether oxygens (including phenoxy) is 1. The third-order valence-electron chi connectivity index (χ3n) is 3.58. The lowest BCUT2D eigenvalue weighted by Gasteiger charge is -2.27. The van der Waals surface area contributed by atoms with E-state index < -0.39 is 6.36 Å². The lowest BCUT2D eigenvalue weighted by Crippen LogP contribution is -2.35. The van der Waals surface area contributed by atoms with Crippen molar-refractivity contribution in [3.8, 4) is 5.75 Å². The first-order valence-corrected chi connectivity index (χ1v) is 6.75. The van der Waals surface area contributed by atoms with Gasteiger partial charge >= 0.3 is 6.36 Å². The van der Waals surface area contributed by atoms with Gasteiger partial charge in [0.25, 0.3) is 0 Å². The van der Waals surface area contributed by atoms with Gasteiger partial charge in [0, 0.05) is 6.04 Å². The fourth-order valence-corrected chi connectivity index (χ4v) is 2.30. The monoisotopic (exact) mass is 289 g/mol. The highest BCUT2D eigenvalue weighted by Crippen LogP contribution is 2.25. The maximum atomic E-state index is 12.1. The standard InChI is InChI=1S/C15H22F3NO/c1-10(2)14(11(3)19-4)9-12-5-7-13(8-6-12)20-15(16,17)18/h5-8,10-11,14,19H,9H2,1-4H3. The molecule has 5 heteroatoms. The normalized spacial score (nSPS) is 15.2. The van der Waals surface area contributed by atoms with Crippen molar-refractivity contribution < 1.29 is 17.9 Å². The number of halogens is 3. The van der Waals surface area contributed by atoms with Crippen LogP contribution in [0.1, 0.15) is 26.3 Å². The summed E-state index contributed by atoms with van der Waals surface area (Å²) in [4.78, 5) is 0. The van der Waals surface area contributed by atoms with E-state index in [-0.39, 0.29) is 5.75 Å². The summed E-state index contributed by atoms with van der Waals surface area (Å²) in [5, 5.41) is 3.24. The van der Waals surface area contributed by atoms with E-state index in [1.54, 1.807) is 12.1 Å². The van der Waals surface area contributed by atoms with Gasteiger partial charge in [0.15, 0.2) is 0 Å². The maximum Gasteiger partial charge on any atom is 0.573 e. The van der Waals surface area contributed by atoms with Crippen molar-refractivity contribution in [2.45, 2.75) is 39.6 Å². The fraction of sp³-hybridized carbons (Fsp3) is 0.600. The second-order valence-corrected chi connectivity index (χ2v) is 5.38. The van der Waals surface area contributed by atoms with E-state index in [1.807, 2.05) is 7.05 Å². The largest absolute Gasteiger partial charge is 0.573 e. The molecular weight excluding hydrogens is 267 g/mol. The molecule has 0 heterocycles. The van der Waals surface area contributed by atoms with Gasteiger partial charge in [0.1, 0.15) is 5.75 Å². The number of nitrogens with one attached hydrogen (secondary N) is 1. The Balaban J connectivity index is 2.73. The van der Waals surface area contributed by atoms with Crippen molar-refractivity contribution in [3.63, 3.8) is 0 Å². The Labute approximate surface area is 118 Å². The van der Waals surface area contributed by atoms with Crippen LogP contribution in [0.3, 0.4) is 0 Å². The molecular formula is C15H22F3NO. The Morgan fingerprint density at radius 2 is 1.65 bits per heavy atom. The summed E-state index contributed by atoms with van der Waals surface area (Å²) in [5.41, 5.74) is 1.01. The van der Waals surface area contributed by atoms with Crippen molar-refractivity contribution in [3.05, 3.63) is 29.8 Å². The summed E-state index contributed by atoms with van der Waals surface area (Å²) in [6.07, 6.45) is -3.81. The van der Waals surface area contributed by atoms with Crippen LogP contribution >= 0.6 is 0 Å². The Morgan fingerprint density at radius 3 is 2.05 bits per heavy atom. The molecule has 1 rings (SSSR count). The quantitative estimate of drug-likeness (QED) is 0.854. The molecule has 0 aliphatic rings. The average Bonchev–Trinajstić information content (AvgIpc) is 2.34. The summed E-state index contributed by atoms with van der Waals surface area (Å²) in [7, 11) is 1.92. The highest BCUT2D eigenvalue weighted by atomic mass is 19.4. The second kappa shape index (κ2) is 6.97. The van der Waals surface area contributed by atoms with Gasteiger partial charge in [-0.2, -0.15) is 0 Å². The average molecular weight is 289 g/mol. The second-order valence-electron chi connectivity index (χ2n) is 5.38. The third-order valence-corrected chi connectivity index (χ3v) is 3.58. The highest BCUT2D eigenvalue weighted by molar-refractivity contribution is 5.27. The third kappa shape index (κ3) is 5.41. The molecule has 0 fully saturated rings. The van der Waals surface area contributed by atoms with E-state index in [4.69, 9.17) is 0 Å². The number of hydrogen-bond donors (Lipinski definition) is 1. The Morgan fingerprint density at radius 1 is 1.10 bits per heavy atom. The Bertz CT molecular complexity index is 401. The molecule has 1 aromatic rings. The van der Waals surface area contributed by atoms with Crippen LogP contribution in [0.2, 0.25) is 0 Å². The van der Waals surface area contributed by atoms with Gasteiger partial charge < -0.3 is 10.1 Å². The van der Waals surface area contributed by atoms with Crippen molar-refractivity contribution in [2.24, 2.45) is 11.8 Å².